The van der Waals surface area contributed by atoms with Crippen molar-refractivity contribution in [3.8, 4) is 17.2 Å². The molecule has 0 saturated carbocycles. The maximum Gasteiger partial charge on any atom is 0.231 e. The standard InChI is InChI=1S/C11H14FNO3/c1-11(2,13)8-9(14-3)6(12)4-7-10(8)16-5-15-7/h4H,5,13H2,1-3H3. The van der Waals surface area contributed by atoms with Crippen molar-refractivity contribution in [2.45, 2.75) is 19.4 Å². The van der Waals surface area contributed by atoms with Gasteiger partial charge in [-0.15, -0.1) is 0 Å². The molecule has 0 aliphatic carbocycles. The fourth-order valence-electron chi connectivity index (χ4n) is 1.78. The predicted molar refractivity (Wildman–Crippen MR) is 56.3 cm³/mol. The first-order valence-corrected chi connectivity index (χ1v) is 4.90. The Kier molecular flexibility index (Phi) is 2.42. The Labute approximate surface area is 93.1 Å². The van der Waals surface area contributed by atoms with Crippen LogP contribution >= 0.6 is 0 Å². The third kappa shape index (κ3) is 1.57. The second-order valence-electron chi connectivity index (χ2n) is 4.22. The lowest BCUT2D eigenvalue weighted by atomic mass is 9.93. The first-order chi connectivity index (χ1) is 7.45. The number of halogens is 1. The molecule has 88 valence electrons. The summed E-state index contributed by atoms with van der Waals surface area (Å²) < 4.78 is 29.2. The number of benzene rings is 1. The van der Waals surface area contributed by atoms with E-state index < -0.39 is 11.4 Å². The van der Waals surface area contributed by atoms with Gasteiger partial charge in [-0.3, -0.25) is 0 Å². The Morgan fingerprint density at radius 2 is 2.12 bits per heavy atom. The summed E-state index contributed by atoms with van der Waals surface area (Å²) in [6.07, 6.45) is 0. The van der Waals surface area contributed by atoms with Gasteiger partial charge in [0, 0.05) is 11.6 Å². The van der Waals surface area contributed by atoms with Crippen LogP contribution in [0.5, 0.6) is 17.2 Å². The summed E-state index contributed by atoms with van der Waals surface area (Å²) >= 11 is 0. The number of hydrogen-bond donors (Lipinski definition) is 1. The van der Waals surface area contributed by atoms with Gasteiger partial charge in [0.25, 0.3) is 0 Å². The highest BCUT2D eigenvalue weighted by atomic mass is 19.1. The largest absolute Gasteiger partial charge is 0.493 e. The monoisotopic (exact) mass is 227 g/mol. The Balaban J connectivity index is 2.72. The molecule has 2 rings (SSSR count). The van der Waals surface area contributed by atoms with E-state index >= 15 is 0 Å². The molecule has 1 aliphatic rings. The molecule has 0 fully saturated rings. The molecule has 0 amide bonds. The molecule has 4 nitrogen and oxygen atoms in total. The molecule has 0 saturated heterocycles. The molecule has 16 heavy (non-hydrogen) atoms. The third-order valence-electron chi connectivity index (χ3n) is 2.42. The first-order valence-electron chi connectivity index (χ1n) is 4.90. The Hall–Kier alpha value is -1.49. The number of methoxy groups -OCH3 is 1. The topological polar surface area (TPSA) is 53.7 Å². The molecule has 2 N–H and O–H groups in total. The highest BCUT2D eigenvalue weighted by Gasteiger charge is 2.32. The Bertz CT molecular complexity index is 422. The highest BCUT2D eigenvalue weighted by molar-refractivity contribution is 5.58. The summed E-state index contributed by atoms with van der Waals surface area (Å²) in [4.78, 5) is 0. The van der Waals surface area contributed by atoms with Crippen molar-refractivity contribution in [2.75, 3.05) is 13.9 Å². The molecule has 1 aromatic rings. The zero-order valence-corrected chi connectivity index (χ0v) is 9.46. The fourth-order valence-corrected chi connectivity index (χ4v) is 1.78. The third-order valence-corrected chi connectivity index (χ3v) is 2.42. The summed E-state index contributed by atoms with van der Waals surface area (Å²) in [6, 6.07) is 1.25. The van der Waals surface area contributed by atoms with E-state index in [1.807, 2.05) is 0 Å². The van der Waals surface area contributed by atoms with Crippen LogP contribution in [0.15, 0.2) is 6.07 Å². The van der Waals surface area contributed by atoms with Gasteiger partial charge in [0.15, 0.2) is 23.1 Å². The minimum absolute atomic E-state index is 0.0744. The lowest BCUT2D eigenvalue weighted by molar-refractivity contribution is 0.172. The van der Waals surface area contributed by atoms with Crippen LogP contribution in [0, 0.1) is 5.82 Å². The van der Waals surface area contributed by atoms with Crippen molar-refractivity contribution in [1.29, 1.82) is 0 Å². The SMILES string of the molecule is COc1c(F)cc2c(c1C(C)(C)N)OCO2. The van der Waals surface area contributed by atoms with E-state index in [1.54, 1.807) is 13.8 Å². The Morgan fingerprint density at radius 3 is 2.69 bits per heavy atom. The lowest BCUT2D eigenvalue weighted by Gasteiger charge is -2.23. The molecule has 0 atom stereocenters. The van der Waals surface area contributed by atoms with Crippen molar-refractivity contribution in [3.63, 3.8) is 0 Å². The second kappa shape index (κ2) is 3.52. The zero-order valence-electron chi connectivity index (χ0n) is 9.46. The van der Waals surface area contributed by atoms with E-state index in [0.717, 1.165) is 0 Å². The van der Waals surface area contributed by atoms with Crippen LogP contribution in [0.2, 0.25) is 0 Å². The van der Waals surface area contributed by atoms with Gasteiger partial charge >= 0.3 is 0 Å². The minimum Gasteiger partial charge on any atom is -0.493 e. The molecular formula is C11H14FNO3. The number of fused-ring (bicyclic) bond motifs is 1. The summed E-state index contributed by atoms with van der Waals surface area (Å²) in [5, 5.41) is 0. The molecule has 0 spiro atoms. The first kappa shape index (κ1) is 11.0. The van der Waals surface area contributed by atoms with Gasteiger partial charge in [0.1, 0.15) is 0 Å². The van der Waals surface area contributed by atoms with Crippen LogP contribution in [0.25, 0.3) is 0 Å². The van der Waals surface area contributed by atoms with Gasteiger partial charge < -0.3 is 19.9 Å². The molecule has 5 heteroatoms. The van der Waals surface area contributed by atoms with E-state index in [4.69, 9.17) is 19.9 Å². The lowest BCUT2D eigenvalue weighted by Crippen LogP contribution is -2.30. The highest BCUT2D eigenvalue weighted by Crippen LogP contribution is 2.46. The molecule has 0 radical (unpaired) electrons. The van der Waals surface area contributed by atoms with E-state index in [9.17, 15) is 4.39 Å². The summed E-state index contributed by atoms with van der Waals surface area (Å²) in [5.41, 5.74) is 5.71. The number of rotatable bonds is 2. The summed E-state index contributed by atoms with van der Waals surface area (Å²) in [5.74, 6) is 0.439. The van der Waals surface area contributed by atoms with E-state index in [-0.39, 0.29) is 12.5 Å². The Morgan fingerprint density at radius 1 is 1.44 bits per heavy atom. The minimum atomic E-state index is -0.773. The van der Waals surface area contributed by atoms with Gasteiger partial charge in [0.2, 0.25) is 6.79 Å². The smallest absolute Gasteiger partial charge is 0.231 e. The maximum absolute atomic E-state index is 13.7. The van der Waals surface area contributed by atoms with Crippen molar-refractivity contribution in [2.24, 2.45) is 5.73 Å². The fraction of sp³-hybridized carbons (Fsp3) is 0.455. The van der Waals surface area contributed by atoms with Gasteiger partial charge in [-0.2, -0.15) is 0 Å². The van der Waals surface area contributed by atoms with Crippen molar-refractivity contribution in [1.82, 2.24) is 0 Å². The molecule has 1 aromatic carbocycles. The number of ether oxygens (including phenoxy) is 3. The van der Waals surface area contributed by atoms with Gasteiger partial charge in [-0.25, -0.2) is 4.39 Å². The number of nitrogens with two attached hydrogens (primary N) is 1. The molecule has 0 bridgehead atoms. The predicted octanol–water partition coefficient (Wildman–Crippen LogP) is 1.76. The molecular weight excluding hydrogens is 213 g/mol. The molecule has 1 aliphatic heterocycles. The van der Waals surface area contributed by atoms with E-state index in [0.29, 0.717) is 17.1 Å². The van der Waals surface area contributed by atoms with Crippen molar-refractivity contribution < 1.29 is 18.6 Å². The molecule has 0 unspecified atom stereocenters. The normalized spacial score (nSPS) is 14.1. The quantitative estimate of drug-likeness (QED) is 0.836. The van der Waals surface area contributed by atoms with E-state index in [1.165, 1.54) is 13.2 Å². The summed E-state index contributed by atoms with van der Waals surface area (Å²) in [7, 11) is 1.40. The van der Waals surface area contributed by atoms with Crippen molar-refractivity contribution in [3.05, 3.63) is 17.4 Å². The zero-order chi connectivity index (χ0) is 11.9. The van der Waals surface area contributed by atoms with Crippen LogP contribution in [0.1, 0.15) is 19.4 Å². The van der Waals surface area contributed by atoms with Crippen LogP contribution < -0.4 is 19.9 Å². The average molecular weight is 227 g/mol. The van der Waals surface area contributed by atoms with Gasteiger partial charge in [-0.05, 0) is 13.8 Å². The van der Waals surface area contributed by atoms with Gasteiger partial charge in [-0.1, -0.05) is 0 Å². The molecule has 1 heterocycles. The van der Waals surface area contributed by atoms with E-state index in [2.05, 4.69) is 0 Å². The molecule has 0 aromatic heterocycles. The van der Waals surface area contributed by atoms with Gasteiger partial charge in [0.05, 0.1) is 12.7 Å². The second-order valence-corrected chi connectivity index (χ2v) is 4.22. The van der Waals surface area contributed by atoms with Crippen LogP contribution in [0.4, 0.5) is 4.39 Å². The average Bonchev–Trinajstić information content (AvgIpc) is 2.60. The van der Waals surface area contributed by atoms with Crippen LogP contribution in [0.3, 0.4) is 0 Å². The summed E-state index contributed by atoms with van der Waals surface area (Å²) in [6.45, 7) is 3.59. The van der Waals surface area contributed by atoms with Crippen molar-refractivity contribution >= 4 is 0 Å². The maximum atomic E-state index is 13.7. The van der Waals surface area contributed by atoms with Crippen LogP contribution in [-0.2, 0) is 5.54 Å². The number of hydrogen-bond acceptors (Lipinski definition) is 4. The van der Waals surface area contributed by atoms with Crippen LogP contribution in [-0.4, -0.2) is 13.9 Å².